The van der Waals surface area contributed by atoms with Gasteiger partial charge in [-0.05, 0) is 0 Å². The standard InChI is InChI=1S/HNO2.Ni.6H2O/c2-1-3;;;;;;;/h1H;;6*1H2. The minimum atomic E-state index is 0. The molecule has 10 heteroatoms. The molecule has 0 amide bonds. The summed E-state index contributed by atoms with van der Waals surface area (Å²) in [5.74, 6) is 0. The molecular formula is H13NNiO8. The Balaban J connectivity index is -0.000000000952. The molecule has 0 atom stereocenters. The summed E-state index contributed by atoms with van der Waals surface area (Å²) in [5, 5.41) is 8.38. The summed E-state index contributed by atoms with van der Waals surface area (Å²) in [4.78, 5) is 8.12. The Morgan fingerprint density at radius 2 is 0.800 bits per heavy atom. The van der Waals surface area contributed by atoms with Crippen molar-refractivity contribution in [3.05, 3.63) is 10.1 Å². The van der Waals surface area contributed by atoms with Crippen LogP contribution in [-0.2, 0) is 16.5 Å². The summed E-state index contributed by atoms with van der Waals surface area (Å²) in [6, 6.07) is 0. The molecule has 0 aromatic carbocycles. The Morgan fingerprint density at radius 1 is 0.800 bits per heavy atom. The van der Waals surface area contributed by atoms with E-state index in [0.29, 0.717) is 0 Å². The summed E-state index contributed by atoms with van der Waals surface area (Å²) in [7, 11) is 0. The Bertz CT molecular complexity index is 16.7. The predicted octanol–water partition coefficient (Wildman–Crippen LogP) is -6.62. The summed E-state index contributed by atoms with van der Waals surface area (Å²) in [6.07, 6.45) is 0. The van der Waals surface area contributed by atoms with Crippen LogP contribution in [0.1, 0.15) is 0 Å². The average molecular weight is 214 g/mol. The van der Waals surface area contributed by atoms with Gasteiger partial charge >= 0.3 is 0 Å². The SMILES string of the molecule is O.O.O.O.O.O.O=[NH+][O-].[Ni]. The van der Waals surface area contributed by atoms with Crippen LogP contribution in [0.4, 0.5) is 0 Å². The molecule has 0 aliphatic rings. The Hall–Kier alpha value is -0.346. The van der Waals surface area contributed by atoms with E-state index in [9.17, 15) is 0 Å². The fraction of sp³-hybridized carbons (Fsp3) is 0. The second kappa shape index (κ2) is 1190. The topological polar surface area (TPSA) is 243 Å². The monoisotopic (exact) mass is 213 g/mol. The van der Waals surface area contributed by atoms with Crippen LogP contribution in [0.2, 0.25) is 0 Å². The fourth-order valence-corrected chi connectivity index (χ4v) is 0. The van der Waals surface area contributed by atoms with Gasteiger partial charge in [-0.3, -0.25) is 10.1 Å². The predicted molar refractivity (Wildman–Crippen MR) is 29.4 cm³/mol. The third kappa shape index (κ3) is 2820. The molecule has 0 heterocycles. The zero-order valence-corrected chi connectivity index (χ0v) is 5.62. The summed E-state index contributed by atoms with van der Waals surface area (Å²) < 4.78 is 0. The van der Waals surface area contributed by atoms with E-state index >= 15 is 0 Å². The van der Waals surface area contributed by atoms with Crippen molar-refractivity contribution in [3.63, 3.8) is 0 Å². The van der Waals surface area contributed by atoms with E-state index in [0.717, 1.165) is 0 Å². The molecule has 0 unspecified atom stereocenters. The van der Waals surface area contributed by atoms with Gasteiger partial charge in [-0.2, -0.15) is 0 Å². The first-order chi connectivity index (χ1) is 1.41. The Labute approximate surface area is 65.7 Å². The van der Waals surface area contributed by atoms with Crippen molar-refractivity contribution in [3.8, 4) is 0 Å². The Kier molecular flexibility index (Phi) is 31400. The largest absolute Gasteiger partial charge is 0.412 e. The van der Waals surface area contributed by atoms with E-state index in [1.165, 1.54) is 0 Å². The van der Waals surface area contributed by atoms with Crippen molar-refractivity contribution >= 4 is 0 Å². The Morgan fingerprint density at radius 3 is 0.800 bits per heavy atom. The second-order valence-electron chi connectivity index (χ2n) is 0.0833. The maximum atomic E-state index is 8.12. The van der Waals surface area contributed by atoms with Gasteiger partial charge in [0.2, 0.25) is 0 Å². The van der Waals surface area contributed by atoms with Crippen molar-refractivity contribution in [2.75, 3.05) is 0 Å². The van der Waals surface area contributed by atoms with E-state index in [2.05, 4.69) is 0 Å². The van der Waals surface area contributed by atoms with Crippen molar-refractivity contribution < 1.29 is 54.7 Å². The molecular weight excluding hydrogens is 201 g/mol. The van der Waals surface area contributed by atoms with E-state index < -0.39 is 0 Å². The third-order valence-electron chi connectivity index (χ3n) is 0. The van der Waals surface area contributed by atoms with E-state index in [-0.39, 0.29) is 54.7 Å². The minimum absolute atomic E-state index is 0. The van der Waals surface area contributed by atoms with Crippen LogP contribution < -0.4 is 5.34 Å². The quantitative estimate of drug-likeness (QED) is 0.234. The van der Waals surface area contributed by atoms with Gasteiger partial charge < -0.3 is 32.9 Å². The van der Waals surface area contributed by atoms with Crippen molar-refractivity contribution in [2.24, 2.45) is 0 Å². The first-order valence-corrected chi connectivity index (χ1v) is 0.408. The fourth-order valence-electron chi connectivity index (χ4n) is 0. The van der Waals surface area contributed by atoms with Crippen molar-refractivity contribution in [1.29, 1.82) is 0 Å². The zero-order chi connectivity index (χ0) is 2.71. The van der Waals surface area contributed by atoms with E-state index in [4.69, 9.17) is 10.1 Å². The van der Waals surface area contributed by atoms with Crippen molar-refractivity contribution in [2.45, 2.75) is 0 Å². The molecule has 0 bridgehead atoms. The molecule has 0 saturated carbocycles. The molecule has 0 radical (unpaired) electrons. The first kappa shape index (κ1) is 264. The molecule has 0 aromatic heterocycles. The van der Waals surface area contributed by atoms with Gasteiger partial charge in [-0.15, -0.1) is 0 Å². The summed E-state index contributed by atoms with van der Waals surface area (Å²) in [5.41, 5.74) is 0. The molecule has 13 N–H and O–H groups in total. The molecule has 9 nitrogen and oxygen atoms in total. The van der Waals surface area contributed by atoms with E-state index in [1.807, 2.05) is 0 Å². The number of rotatable bonds is 0. The van der Waals surface area contributed by atoms with Crippen LogP contribution in [-0.4, -0.2) is 32.9 Å². The van der Waals surface area contributed by atoms with Crippen LogP contribution in [0.25, 0.3) is 0 Å². The average Bonchev–Trinajstić information content (AvgIpc) is 0.918. The molecule has 0 saturated heterocycles. The van der Waals surface area contributed by atoms with Gasteiger partial charge in [-0.25, -0.2) is 0 Å². The smallest absolute Gasteiger partial charge is 0.00366 e. The van der Waals surface area contributed by atoms with Gasteiger partial charge in [-0.1, -0.05) is 0 Å². The number of nitrogens with one attached hydrogen (secondary N) is 1. The maximum absolute atomic E-state index is 8.12. The molecule has 0 aromatic rings. The van der Waals surface area contributed by atoms with Gasteiger partial charge in [0.05, 0.1) is 0 Å². The van der Waals surface area contributed by atoms with Gasteiger partial charge in [0.25, 0.3) is 0 Å². The number of hydrogen-bond donors (Lipinski definition) is 1. The van der Waals surface area contributed by atoms with Crippen molar-refractivity contribution in [1.82, 2.24) is 0 Å². The van der Waals surface area contributed by atoms with Crippen LogP contribution in [0.5, 0.6) is 0 Å². The maximum Gasteiger partial charge on any atom is 0.00366 e. The normalized spacial score (nSPS) is 1.20. The molecule has 10 heavy (non-hydrogen) atoms. The second-order valence-corrected chi connectivity index (χ2v) is 0.0833. The summed E-state index contributed by atoms with van der Waals surface area (Å²) >= 11 is 0. The molecule has 0 aliphatic heterocycles. The van der Waals surface area contributed by atoms with Gasteiger partial charge in [0.15, 0.2) is 0 Å². The van der Waals surface area contributed by atoms with Crippen LogP contribution in [0.15, 0.2) is 0 Å². The number of hydrogen-bond acceptors (Lipinski definition) is 2. The first-order valence-electron chi connectivity index (χ1n) is 0.408. The molecule has 0 aliphatic carbocycles. The van der Waals surface area contributed by atoms with Gasteiger partial charge in [0, 0.05) is 21.8 Å². The molecule has 0 fully saturated rings. The minimum Gasteiger partial charge on any atom is -0.412 e. The molecule has 0 rings (SSSR count). The zero-order valence-electron chi connectivity index (χ0n) is 4.63. The van der Waals surface area contributed by atoms with Crippen LogP contribution in [0, 0.1) is 10.1 Å². The van der Waals surface area contributed by atoms with Gasteiger partial charge in [0.1, 0.15) is 0 Å². The van der Waals surface area contributed by atoms with Crippen LogP contribution in [0.3, 0.4) is 0 Å². The molecule has 76 valence electrons. The molecule has 0 spiro atoms. The van der Waals surface area contributed by atoms with E-state index in [1.54, 1.807) is 0 Å². The third-order valence-corrected chi connectivity index (χ3v) is 0. The van der Waals surface area contributed by atoms with Crippen LogP contribution >= 0.6 is 0 Å². The summed E-state index contributed by atoms with van der Waals surface area (Å²) in [6.45, 7) is 0.